The van der Waals surface area contributed by atoms with E-state index in [2.05, 4.69) is 25.7 Å². The second kappa shape index (κ2) is 16.7. The largest absolute Gasteiger partial charge is 0.384 e. The second-order valence-electron chi connectivity index (χ2n) is 15.9. The minimum atomic E-state index is -3.76. The number of amides is 4. The molecule has 3 atom stereocenters. The molecule has 18 heteroatoms. The summed E-state index contributed by atoms with van der Waals surface area (Å²) in [7, 11) is -3.76. The minimum Gasteiger partial charge on any atom is -0.384 e. The highest BCUT2D eigenvalue weighted by atomic mass is 32.2. The van der Waals surface area contributed by atoms with Crippen LogP contribution in [0.1, 0.15) is 113 Å². The van der Waals surface area contributed by atoms with Gasteiger partial charge in [0.2, 0.25) is 27.6 Å². The van der Waals surface area contributed by atoms with Crippen molar-refractivity contribution in [1.29, 1.82) is 0 Å². The van der Waals surface area contributed by atoms with Gasteiger partial charge in [-0.15, -0.1) is 5.10 Å². The molecule has 1 aromatic heterocycles. The predicted octanol–water partition coefficient (Wildman–Crippen LogP) is 1.68. The molecule has 4 amide bonds. The van der Waals surface area contributed by atoms with Crippen LogP contribution >= 0.6 is 11.8 Å². The van der Waals surface area contributed by atoms with Crippen LogP contribution in [0.3, 0.4) is 0 Å². The summed E-state index contributed by atoms with van der Waals surface area (Å²) in [6, 6.07) is 2.66. The Balaban J connectivity index is 1.29. The SMILES string of the molecule is CC(C)(O)c1cnnn1[C@H]1C[C@@H](C(=O)NC2(C(=O)C(N)=O)CCSCC2)N(C(=O)[C@@H](CC2CCCCC2)NC(=O)c2ccc(S(=O)(=O)NC3CCC3)cc2)C1. The number of aliphatic hydroxyl groups is 1. The number of rotatable bonds is 14. The highest BCUT2D eigenvalue weighted by Crippen LogP contribution is 2.35. The molecule has 6 rings (SSSR count). The van der Waals surface area contributed by atoms with Crippen molar-refractivity contribution in [2.75, 3.05) is 18.1 Å². The van der Waals surface area contributed by atoms with E-state index >= 15 is 0 Å². The van der Waals surface area contributed by atoms with Crippen molar-refractivity contribution < 1.29 is 37.5 Å². The first-order valence-corrected chi connectivity index (χ1v) is 21.8. The fraction of sp³-hybridized carbons (Fsp3) is 0.649. The van der Waals surface area contributed by atoms with Gasteiger partial charge in [0, 0.05) is 24.6 Å². The molecule has 2 aliphatic heterocycles. The number of aromatic nitrogens is 3. The minimum absolute atomic E-state index is 0.0203. The average molecular weight is 801 g/mol. The molecule has 0 bridgehead atoms. The Kier molecular flexibility index (Phi) is 12.4. The Bertz CT molecular complexity index is 1860. The number of primary amides is 1. The van der Waals surface area contributed by atoms with Crippen LogP contribution in [-0.2, 0) is 34.8 Å². The molecule has 300 valence electrons. The smallest absolute Gasteiger partial charge is 0.287 e. The lowest BCUT2D eigenvalue weighted by atomic mass is 9.84. The summed E-state index contributed by atoms with van der Waals surface area (Å²) < 4.78 is 29.9. The Hall–Kier alpha value is -3.87. The van der Waals surface area contributed by atoms with Crippen molar-refractivity contribution in [3.8, 4) is 0 Å². The van der Waals surface area contributed by atoms with Gasteiger partial charge >= 0.3 is 0 Å². The molecular weight excluding hydrogens is 749 g/mol. The third kappa shape index (κ3) is 9.24. The quantitative estimate of drug-likeness (QED) is 0.173. The van der Waals surface area contributed by atoms with Gasteiger partial charge in [-0.2, -0.15) is 11.8 Å². The third-order valence-corrected chi connectivity index (χ3v) is 14.1. The maximum Gasteiger partial charge on any atom is 0.287 e. The van der Waals surface area contributed by atoms with Gasteiger partial charge in [0.15, 0.2) is 0 Å². The van der Waals surface area contributed by atoms with E-state index in [0.717, 1.165) is 51.4 Å². The zero-order chi connectivity index (χ0) is 39.5. The summed E-state index contributed by atoms with van der Waals surface area (Å²) in [5.41, 5.74) is 3.12. The van der Waals surface area contributed by atoms with Gasteiger partial charge in [0.25, 0.3) is 11.8 Å². The number of thioether (sulfide) groups is 1. The van der Waals surface area contributed by atoms with Crippen LogP contribution in [0.15, 0.2) is 35.4 Å². The molecule has 0 spiro atoms. The molecule has 2 aromatic rings. The van der Waals surface area contributed by atoms with Crippen molar-refractivity contribution in [2.45, 2.75) is 131 Å². The molecule has 55 heavy (non-hydrogen) atoms. The number of hydrogen-bond acceptors (Lipinski definition) is 11. The second-order valence-corrected chi connectivity index (χ2v) is 18.9. The molecule has 1 aromatic carbocycles. The van der Waals surface area contributed by atoms with Crippen molar-refractivity contribution in [3.63, 3.8) is 0 Å². The van der Waals surface area contributed by atoms with E-state index in [1.165, 1.54) is 40.0 Å². The molecular formula is C37H52N8O8S2. The van der Waals surface area contributed by atoms with Crippen molar-refractivity contribution in [1.82, 2.24) is 35.2 Å². The Labute approximate surface area is 325 Å². The first-order valence-electron chi connectivity index (χ1n) is 19.2. The highest BCUT2D eigenvalue weighted by molar-refractivity contribution is 7.99. The number of carbonyl (C=O) groups excluding carboxylic acids is 5. The van der Waals surface area contributed by atoms with Crippen LogP contribution in [0.5, 0.6) is 0 Å². The van der Waals surface area contributed by atoms with Crippen molar-refractivity contribution in [3.05, 3.63) is 41.7 Å². The standard InChI is InChI=1S/C37H52N8O8S2/c1-36(2,51)30-21-39-43-45(30)26-20-29(34(49)41-37(31(46)32(38)47)15-17-54-18-16-37)44(22-26)35(50)28(19-23-7-4-3-5-8-23)40-33(48)24-11-13-27(14-12-24)55(52,53)42-25-9-6-10-25/h11-14,21,23,25-26,28-29,42,51H,3-10,15-20,22H2,1-2H3,(H2,38,47)(H,40,48)(H,41,49)/t26-,28+,29-/m0/s1. The normalized spacial score (nSPS) is 22.7. The lowest BCUT2D eigenvalue weighted by molar-refractivity contribution is -0.145. The van der Waals surface area contributed by atoms with Gasteiger partial charge < -0.3 is 26.4 Å². The fourth-order valence-corrected chi connectivity index (χ4v) is 10.6. The number of benzene rings is 1. The summed E-state index contributed by atoms with van der Waals surface area (Å²) in [6.45, 7) is 3.13. The maximum atomic E-state index is 14.8. The lowest BCUT2D eigenvalue weighted by Gasteiger charge is -2.37. The highest BCUT2D eigenvalue weighted by Gasteiger charge is 2.49. The third-order valence-electron chi connectivity index (χ3n) is 11.5. The van der Waals surface area contributed by atoms with Crippen molar-refractivity contribution in [2.24, 2.45) is 11.7 Å². The van der Waals surface area contributed by atoms with Gasteiger partial charge in [0.05, 0.1) is 22.8 Å². The number of nitrogens with zero attached hydrogens (tertiary/aromatic N) is 4. The average Bonchev–Trinajstić information content (AvgIpc) is 3.82. The molecule has 4 fully saturated rings. The molecule has 2 aliphatic carbocycles. The van der Waals surface area contributed by atoms with Crippen LogP contribution in [0.4, 0.5) is 0 Å². The van der Waals surface area contributed by atoms with Gasteiger partial charge in [-0.1, -0.05) is 43.7 Å². The zero-order valence-corrected chi connectivity index (χ0v) is 33.0. The number of likely N-dealkylation sites (tertiary alicyclic amines) is 1. The molecule has 4 aliphatic rings. The molecule has 0 radical (unpaired) electrons. The number of Topliss-reactive ketones (excluding diaryl/α,β-unsaturated/α-hetero) is 1. The van der Waals surface area contributed by atoms with Crippen LogP contribution in [-0.4, -0.2) is 105 Å². The Morgan fingerprint density at radius 3 is 2.29 bits per heavy atom. The van der Waals surface area contributed by atoms with E-state index in [-0.39, 0.29) is 48.2 Å². The zero-order valence-electron chi connectivity index (χ0n) is 31.4. The predicted molar refractivity (Wildman–Crippen MR) is 203 cm³/mol. The van der Waals surface area contributed by atoms with E-state index in [4.69, 9.17) is 5.73 Å². The number of nitrogens with two attached hydrogens (primary N) is 1. The number of sulfonamides is 1. The summed E-state index contributed by atoms with van der Waals surface area (Å²) >= 11 is 1.59. The molecule has 2 saturated carbocycles. The summed E-state index contributed by atoms with van der Waals surface area (Å²) in [6.07, 6.45) is 9.49. The van der Waals surface area contributed by atoms with Crippen LogP contribution < -0.4 is 21.1 Å². The number of nitrogens with one attached hydrogen (secondary N) is 3. The molecule has 2 saturated heterocycles. The van der Waals surface area contributed by atoms with Crippen LogP contribution in [0.2, 0.25) is 0 Å². The van der Waals surface area contributed by atoms with E-state index in [0.29, 0.717) is 23.6 Å². The van der Waals surface area contributed by atoms with E-state index < -0.39 is 68.7 Å². The van der Waals surface area contributed by atoms with Gasteiger partial charge in [-0.05, 0) is 87.6 Å². The van der Waals surface area contributed by atoms with E-state index in [9.17, 15) is 37.5 Å². The van der Waals surface area contributed by atoms with Crippen LogP contribution in [0, 0.1) is 5.92 Å². The Morgan fingerprint density at radius 1 is 1.02 bits per heavy atom. The number of carbonyl (C=O) groups is 5. The van der Waals surface area contributed by atoms with Gasteiger partial charge in [-0.25, -0.2) is 17.8 Å². The summed E-state index contributed by atoms with van der Waals surface area (Å²) in [4.78, 5) is 69.8. The molecule has 0 unspecified atom stereocenters. The van der Waals surface area contributed by atoms with Gasteiger partial charge in [-0.3, -0.25) is 24.0 Å². The number of ketones is 1. The van der Waals surface area contributed by atoms with E-state index in [1.807, 2.05) is 0 Å². The molecule has 3 heterocycles. The Morgan fingerprint density at radius 2 is 1.69 bits per heavy atom. The monoisotopic (exact) mass is 800 g/mol. The first-order chi connectivity index (χ1) is 26.1. The van der Waals surface area contributed by atoms with Crippen LogP contribution in [0.25, 0.3) is 0 Å². The number of hydrogen-bond donors (Lipinski definition) is 5. The van der Waals surface area contributed by atoms with Gasteiger partial charge in [0.1, 0.15) is 23.2 Å². The fourth-order valence-electron chi connectivity index (χ4n) is 8.14. The summed E-state index contributed by atoms with van der Waals surface area (Å²) in [5, 5.41) is 24.9. The maximum absolute atomic E-state index is 14.8. The first kappa shape index (κ1) is 40.8. The topological polar surface area (TPSA) is 236 Å². The van der Waals surface area contributed by atoms with E-state index in [1.54, 1.807) is 25.6 Å². The lowest BCUT2D eigenvalue weighted by Crippen LogP contribution is -2.63. The molecule has 6 N–H and O–H groups in total. The summed E-state index contributed by atoms with van der Waals surface area (Å²) in [5.74, 6) is -2.61. The van der Waals surface area contributed by atoms with Crippen molar-refractivity contribution >= 4 is 51.2 Å². The molecule has 16 nitrogen and oxygen atoms in total.